The molecule has 1 aliphatic heterocycles. The van der Waals surface area contributed by atoms with Gasteiger partial charge < -0.3 is 10.6 Å². The van der Waals surface area contributed by atoms with Crippen LogP contribution in [-0.2, 0) is 13.0 Å². The van der Waals surface area contributed by atoms with Crippen molar-refractivity contribution in [3.63, 3.8) is 0 Å². The zero-order chi connectivity index (χ0) is 18.3. The average Bonchev–Trinajstić information content (AvgIpc) is 3.00. The maximum atomic E-state index is 12.4. The normalized spacial score (nSPS) is 18.5. The van der Waals surface area contributed by atoms with Gasteiger partial charge in [0.1, 0.15) is 0 Å². The molecule has 4 nitrogen and oxygen atoms in total. The van der Waals surface area contributed by atoms with Gasteiger partial charge in [-0.2, -0.15) is 13.2 Å². The summed E-state index contributed by atoms with van der Waals surface area (Å²) in [4.78, 5) is 5.67. The van der Waals surface area contributed by atoms with Gasteiger partial charge in [0.05, 0.1) is 6.54 Å². The molecule has 1 unspecified atom stereocenters. The quantitative estimate of drug-likeness (QED) is 0.370. The van der Waals surface area contributed by atoms with E-state index in [9.17, 15) is 13.2 Å². The number of alkyl halides is 3. The van der Waals surface area contributed by atoms with Crippen LogP contribution in [0.15, 0.2) is 29.3 Å². The van der Waals surface area contributed by atoms with Crippen LogP contribution in [0.25, 0.3) is 0 Å². The molecule has 0 aliphatic carbocycles. The Morgan fingerprint density at radius 1 is 1.23 bits per heavy atom. The van der Waals surface area contributed by atoms with Gasteiger partial charge in [-0.25, -0.2) is 0 Å². The fourth-order valence-electron chi connectivity index (χ4n) is 3.19. The summed E-state index contributed by atoms with van der Waals surface area (Å²) in [6, 6.07) is 8.24. The van der Waals surface area contributed by atoms with Crippen LogP contribution in [0.5, 0.6) is 0 Å². The Hall–Kier alpha value is -1.03. The summed E-state index contributed by atoms with van der Waals surface area (Å²) in [6.45, 7) is 3.59. The fourth-order valence-corrected chi connectivity index (χ4v) is 3.19. The van der Waals surface area contributed by atoms with Crippen molar-refractivity contribution < 1.29 is 13.2 Å². The third-order valence-corrected chi connectivity index (χ3v) is 4.50. The molecule has 2 N–H and O–H groups in total. The molecule has 8 heteroatoms. The maximum Gasteiger partial charge on any atom is 0.401 e. The van der Waals surface area contributed by atoms with Gasteiger partial charge >= 0.3 is 6.18 Å². The Balaban J connectivity index is 0.00000338. The SMILES string of the molecule is CCc1ccccc1CNC(=NC)NCC1CCN(CC(F)(F)F)C1.I. The molecule has 1 aliphatic rings. The number of rotatable bonds is 6. The molecule has 1 aromatic rings. The van der Waals surface area contributed by atoms with Crippen molar-refractivity contribution in [2.75, 3.05) is 33.2 Å². The van der Waals surface area contributed by atoms with Crippen LogP contribution in [-0.4, -0.2) is 50.3 Å². The number of hydrogen-bond donors (Lipinski definition) is 2. The van der Waals surface area contributed by atoms with E-state index in [-0.39, 0.29) is 29.9 Å². The molecule has 0 spiro atoms. The van der Waals surface area contributed by atoms with E-state index in [1.807, 2.05) is 12.1 Å². The second kappa shape index (κ2) is 11.0. The summed E-state index contributed by atoms with van der Waals surface area (Å²) in [5.74, 6) is 0.893. The highest BCUT2D eigenvalue weighted by Gasteiger charge is 2.34. The fraction of sp³-hybridized carbons (Fsp3) is 0.611. The molecule has 1 atom stereocenters. The summed E-state index contributed by atoms with van der Waals surface area (Å²) in [7, 11) is 1.70. The smallest absolute Gasteiger partial charge is 0.356 e. The van der Waals surface area contributed by atoms with Gasteiger partial charge in [0.25, 0.3) is 0 Å². The number of aryl methyl sites for hydroxylation is 1. The lowest BCUT2D eigenvalue weighted by Gasteiger charge is -2.19. The first kappa shape index (κ1) is 23.0. The number of aliphatic imine (C=N–C) groups is 1. The van der Waals surface area contributed by atoms with Crippen LogP contribution in [0.2, 0.25) is 0 Å². The highest BCUT2D eigenvalue weighted by atomic mass is 127. The highest BCUT2D eigenvalue weighted by Crippen LogP contribution is 2.22. The van der Waals surface area contributed by atoms with Crippen molar-refractivity contribution in [3.8, 4) is 0 Å². The Morgan fingerprint density at radius 2 is 1.92 bits per heavy atom. The number of benzene rings is 1. The summed E-state index contributed by atoms with van der Waals surface area (Å²) in [5.41, 5.74) is 2.52. The van der Waals surface area contributed by atoms with Crippen LogP contribution in [0.3, 0.4) is 0 Å². The molecule has 0 radical (unpaired) electrons. The second-order valence-corrected chi connectivity index (χ2v) is 6.43. The first-order valence-corrected chi connectivity index (χ1v) is 8.71. The molecule has 0 aromatic heterocycles. The molecular weight excluding hydrogens is 456 g/mol. The summed E-state index contributed by atoms with van der Waals surface area (Å²) in [5, 5.41) is 6.51. The number of nitrogens with one attached hydrogen (secondary N) is 2. The van der Waals surface area contributed by atoms with E-state index in [1.54, 1.807) is 7.05 Å². The predicted molar refractivity (Wildman–Crippen MR) is 110 cm³/mol. The van der Waals surface area contributed by atoms with Crippen molar-refractivity contribution in [2.45, 2.75) is 32.5 Å². The van der Waals surface area contributed by atoms with E-state index in [1.165, 1.54) is 16.0 Å². The van der Waals surface area contributed by atoms with Gasteiger partial charge in [-0.1, -0.05) is 31.2 Å². The van der Waals surface area contributed by atoms with Crippen molar-refractivity contribution in [1.29, 1.82) is 0 Å². The lowest BCUT2D eigenvalue weighted by Crippen LogP contribution is -2.40. The van der Waals surface area contributed by atoms with Crippen molar-refractivity contribution >= 4 is 29.9 Å². The van der Waals surface area contributed by atoms with E-state index in [4.69, 9.17) is 0 Å². The molecule has 1 aromatic carbocycles. The Kier molecular flexibility index (Phi) is 9.70. The number of guanidine groups is 1. The van der Waals surface area contributed by atoms with Gasteiger partial charge in [-0.3, -0.25) is 9.89 Å². The van der Waals surface area contributed by atoms with Crippen LogP contribution >= 0.6 is 24.0 Å². The zero-order valence-electron chi connectivity index (χ0n) is 15.3. The summed E-state index contributed by atoms with van der Waals surface area (Å²) < 4.78 is 37.3. The molecule has 148 valence electrons. The van der Waals surface area contributed by atoms with Crippen molar-refractivity contribution in [2.24, 2.45) is 10.9 Å². The molecule has 0 saturated carbocycles. The molecule has 0 bridgehead atoms. The Morgan fingerprint density at radius 3 is 2.54 bits per heavy atom. The minimum absolute atomic E-state index is 0. The van der Waals surface area contributed by atoms with Gasteiger partial charge in [0.2, 0.25) is 0 Å². The molecule has 2 rings (SSSR count). The maximum absolute atomic E-state index is 12.4. The number of halogens is 4. The van der Waals surface area contributed by atoms with Gasteiger partial charge in [-0.05, 0) is 36.4 Å². The van der Waals surface area contributed by atoms with Crippen molar-refractivity contribution in [3.05, 3.63) is 35.4 Å². The standard InChI is InChI=1S/C18H27F3N4.HI/c1-3-15-6-4-5-7-16(15)11-24-17(22-2)23-10-14-8-9-25(12-14)13-18(19,20)21;/h4-7,14H,3,8-13H2,1-2H3,(H2,22,23,24);1H. The minimum Gasteiger partial charge on any atom is -0.356 e. The lowest BCUT2D eigenvalue weighted by molar-refractivity contribution is -0.143. The zero-order valence-corrected chi connectivity index (χ0v) is 17.6. The molecule has 1 saturated heterocycles. The number of nitrogens with zero attached hydrogens (tertiary/aromatic N) is 2. The minimum atomic E-state index is -4.12. The largest absolute Gasteiger partial charge is 0.401 e. The lowest BCUT2D eigenvalue weighted by atomic mass is 10.1. The molecule has 1 fully saturated rings. The third-order valence-electron chi connectivity index (χ3n) is 4.50. The number of likely N-dealkylation sites (tertiary alicyclic amines) is 1. The van der Waals surface area contributed by atoms with Crippen LogP contribution in [0.1, 0.15) is 24.5 Å². The highest BCUT2D eigenvalue weighted by molar-refractivity contribution is 14.0. The second-order valence-electron chi connectivity index (χ2n) is 6.43. The third kappa shape index (κ3) is 7.69. The van der Waals surface area contributed by atoms with E-state index >= 15 is 0 Å². The monoisotopic (exact) mass is 484 g/mol. The topological polar surface area (TPSA) is 39.7 Å². The number of hydrogen-bond acceptors (Lipinski definition) is 2. The molecular formula is C18H28F3IN4. The van der Waals surface area contributed by atoms with Gasteiger partial charge in [0, 0.05) is 26.7 Å². The molecule has 1 heterocycles. The van der Waals surface area contributed by atoms with Crippen LogP contribution < -0.4 is 10.6 Å². The Bertz CT molecular complexity index is 578. The predicted octanol–water partition coefficient (Wildman–Crippen LogP) is 3.42. The molecule has 0 amide bonds. The van der Waals surface area contributed by atoms with Gasteiger partial charge in [-0.15, -0.1) is 24.0 Å². The summed E-state index contributed by atoms with van der Waals surface area (Å²) in [6.07, 6.45) is -2.37. The van der Waals surface area contributed by atoms with E-state index in [0.29, 0.717) is 32.1 Å². The van der Waals surface area contributed by atoms with Crippen molar-refractivity contribution in [1.82, 2.24) is 15.5 Å². The summed E-state index contributed by atoms with van der Waals surface area (Å²) >= 11 is 0. The van der Waals surface area contributed by atoms with E-state index in [0.717, 1.165) is 12.8 Å². The van der Waals surface area contributed by atoms with Crippen LogP contribution in [0.4, 0.5) is 13.2 Å². The van der Waals surface area contributed by atoms with E-state index in [2.05, 4.69) is 34.7 Å². The Labute approximate surface area is 170 Å². The molecule has 26 heavy (non-hydrogen) atoms. The first-order chi connectivity index (χ1) is 11.9. The van der Waals surface area contributed by atoms with Gasteiger partial charge in [0.15, 0.2) is 5.96 Å². The van der Waals surface area contributed by atoms with Crippen LogP contribution in [0, 0.1) is 5.92 Å². The first-order valence-electron chi connectivity index (χ1n) is 8.71. The van der Waals surface area contributed by atoms with E-state index < -0.39 is 12.7 Å². The average molecular weight is 484 g/mol.